The number of aromatic nitrogens is 3. The first kappa shape index (κ1) is 14.3. The lowest BCUT2D eigenvalue weighted by Crippen LogP contribution is -2.30. The SMILES string of the molecule is Cc1c(Cl)ncc2c(N3CCCC[C@@H](C)C3)nc(=O)[nH]c12. The Morgan fingerprint density at radius 3 is 3.05 bits per heavy atom. The Balaban J connectivity index is 2.17. The summed E-state index contributed by atoms with van der Waals surface area (Å²) in [4.78, 5) is 25.3. The highest BCUT2D eigenvalue weighted by Gasteiger charge is 2.20. The van der Waals surface area contributed by atoms with E-state index in [-0.39, 0.29) is 5.69 Å². The maximum absolute atomic E-state index is 11.9. The van der Waals surface area contributed by atoms with E-state index < -0.39 is 0 Å². The van der Waals surface area contributed by atoms with Crippen LogP contribution in [-0.2, 0) is 0 Å². The third-order valence-corrected chi connectivity index (χ3v) is 4.53. The van der Waals surface area contributed by atoms with Gasteiger partial charge in [0.25, 0.3) is 0 Å². The van der Waals surface area contributed by atoms with Gasteiger partial charge in [-0.1, -0.05) is 24.9 Å². The standard InChI is InChI=1S/C15H19ClN4O/c1-9-5-3-4-6-20(8-9)14-11-7-17-13(16)10(2)12(11)18-15(21)19-14/h7,9H,3-6,8H2,1-2H3,(H,18,19,21)/t9-/m1/s1. The number of nitrogens with one attached hydrogen (secondary N) is 1. The van der Waals surface area contributed by atoms with E-state index >= 15 is 0 Å². The van der Waals surface area contributed by atoms with E-state index in [1.54, 1.807) is 6.20 Å². The molecule has 1 fully saturated rings. The van der Waals surface area contributed by atoms with Crippen molar-refractivity contribution in [2.45, 2.75) is 33.1 Å². The predicted molar refractivity (Wildman–Crippen MR) is 85.1 cm³/mol. The first-order valence-corrected chi connectivity index (χ1v) is 7.74. The Labute approximate surface area is 128 Å². The van der Waals surface area contributed by atoms with Gasteiger partial charge in [-0.15, -0.1) is 0 Å². The van der Waals surface area contributed by atoms with Crippen LogP contribution >= 0.6 is 11.6 Å². The van der Waals surface area contributed by atoms with Crippen molar-refractivity contribution in [1.29, 1.82) is 0 Å². The molecule has 6 heteroatoms. The van der Waals surface area contributed by atoms with Crippen LogP contribution in [0.5, 0.6) is 0 Å². The highest BCUT2D eigenvalue weighted by atomic mass is 35.5. The van der Waals surface area contributed by atoms with Crippen LogP contribution < -0.4 is 10.6 Å². The summed E-state index contributed by atoms with van der Waals surface area (Å²) in [6.45, 7) is 5.96. The van der Waals surface area contributed by atoms with Crippen LogP contribution in [-0.4, -0.2) is 28.0 Å². The highest BCUT2D eigenvalue weighted by Crippen LogP contribution is 2.28. The number of rotatable bonds is 1. The summed E-state index contributed by atoms with van der Waals surface area (Å²) in [7, 11) is 0. The van der Waals surface area contributed by atoms with E-state index in [0.29, 0.717) is 11.1 Å². The lowest BCUT2D eigenvalue weighted by Gasteiger charge is -2.24. The van der Waals surface area contributed by atoms with Gasteiger partial charge in [-0.25, -0.2) is 9.78 Å². The number of fused-ring (bicyclic) bond motifs is 1. The molecule has 1 aliphatic heterocycles. The fourth-order valence-corrected chi connectivity index (χ4v) is 3.14. The van der Waals surface area contributed by atoms with Gasteiger partial charge in [-0.3, -0.25) is 0 Å². The van der Waals surface area contributed by atoms with Gasteiger partial charge in [-0.05, 0) is 25.7 Å². The molecule has 1 N–H and O–H groups in total. The van der Waals surface area contributed by atoms with E-state index in [4.69, 9.17) is 11.6 Å². The van der Waals surface area contributed by atoms with Crippen LogP contribution in [0.1, 0.15) is 31.7 Å². The van der Waals surface area contributed by atoms with Crippen molar-refractivity contribution >= 4 is 28.3 Å². The molecule has 0 bridgehead atoms. The molecule has 0 aromatic carbocycles. The molecule has 0 unspecified atom stereocenters. The fourth-order valence-electron chi connectivity index (χ4n) is 3.00. The molecule has 0 aliphatic carbocycles. The van der Waals surface area contributed by atoms with Gasteiger partial charge < -0.3 is 9.88 Å². The second-order valence-electron chi connectivity index (χ2n) is 5.88. The second kappa shape index (κ2) is 5.64. The Hall–Kier alpha value is -1.62. The maximum Gasteiger partial charge on any atom is 0.347 e. The number of aryl methyl sites for hydroxylation is 1. The number of H-pyrrole nitrogens is 1. The molecule has 21 heavy (non-hydrogen) atoms. The molecule has 0 saturated carbocycles. The van der Waals surface area contributed by atoms with Crippen molar-refractivity contribution in [3.05, 3.63) is 27.4 Å². The number of hydrogen-bond acceptors (Lipinski definition) is 4. The van der Waals surface area contributed by atoms with E-state index in [1.807, 2.05) is 6.92 Å². The number of halogens is 1. The van der Waals surface area contributed by atoms with Crippen LogP contribution in [0.25, 0.3) is 10.9 Å². The third kappa shape index (κ3) is 2.75. The fraction of sp³-hybridized carbons (Fsp3) is 0.533. The van der Waals surface area contributed by atoms with Crippen LogP contribution in [0, 0.1) is 12.8 Å². The van der Waals surface area contributed by atoms with E-state index in [9.17, 15) is 4.79 Å². The molecule has 1 aliphatic rings. The molecule has 112 valence electrons. The van der Waals surface area contributed by atoms with Crippen molar-refractivity contribution in [2.24, 2.45) is 5.92 Å². The molecule has 0 spiro atoms. The summed E-state index contributed by atoms with van der Waals surface area (Å²) in [6.07, 6.45) is 5.28. The molecule has 1 atom stereocenters. The van der Waals surface area contributed by atoms with Crippen LogP contribution in [0.15, 0.2) is 11.0 Å². The average molecular weight is 307 g/mol. The minimum atomic E-state index is -0.334. The van der Waals surface area contributed by atoms with Crippen molar-refractivity contribution < 1.29 is 0 Å². The van der Waals surface area contributed by atoms with Crippen LogP contribution in [0.4, 0.5) is 5.82 Å². The van der Waals surface area contributed by atoms with Gasteiger partial charge in [0.2, 0.25) is 0 Å². The first-order chi connectivity index (χ1) is 10.1. The molecule has 1 saturated heterocycles. The zero-order valence-electron chi connectivity index (χ0n) is 12.3. The van der Waals surface area contributed by atoms with Gasteiger partial charge >= 0.3 is 5.69 Å². The molecule has 3 heterocycles. The molecule has 0 radical (unpaired) electrons. The van der Waals surface area contributed by atoms with Crippen LogP contribution in [0.3, 0.4) is 0 Å². The average Bonchev–Trinajstić information content (AvgIpc) is 2.67. The number of aromatic amines is 1. The van der Waals surface area contributed by atoms with Gasteiger partial charge in [0.15, 0.2) is 0 Å². The summed E-state index contributed by atoms with van der Waals surface area (Å²) >= 11 is 6.06. The van der Waals surface area contributed by atoms with E-state index in [1.165, 1.54) is 12.8 Å². The minimum Gasteiger partial charge on any atom is -0.356 e. The van der Waals surface area contributed by atoms with Crippen LogP contribution in [0.2, 0.25) is 5.15 Å². The zero-order chi connectivity index (χ0) is 15.0. The lowest BCUT2D eigenvalue weighted by atomic mass is 10.1. The largest absolute Gasteiger partial charge is 0.356 e. The number of pyridine rings is 1. The predicted octanol–water partition coefficient (Wildman–Crippen LogP) is 2.91. The van der Waals surface area contributed by atoms with Crippen molar-refractivity contribution in [1.82, 2.24) is 15.0 Å². The van der Waals surface area contributed by atoms with E-state index in [0.717, 1.165) is 41.8 Å². The minimum absolute atomic E-state index is 0.334. The molecule has 5 nitrogen and oxygen atoms in total. The summed E-state index contributed by atoms with van der Waals surface area (Å²) < 4.78 is 0. The van der Waals surface area contributed by atoms with Crippen molar-refractivity contribution in [2.75, 3.05) is 18.0 Å². The Morgan fingerprint density at radius 2 is 2.24 bits per heavy atom. The molecular formula is C15H19ClN4O. The van der Waals surface area contributed by atoms with Gasteiger partial charge in [-0.2, -0.15) is 4.98 Å². The van der Waals surface area contributed by atoms with E-state index in [2.05, 4.69) is 26.8 Å². The maximum atomic E-state index is 11.9. The topological polar surface area (TPSA) is 61.9 Å². The Bertz CT molecular complexity index is 727. The van der Waals surface area contributed by atoms with Gasteiger partial charge in [0.1, 0.15) is 11.0 Å². The molecule has 2 aromatic rings. The summed E-state index contributed by atoms with van der Waals surface area (Å²) in [6, 6.07) is 0. The molecule has 3 rings (SSSR count). The molecule has 0 amide bonds. The van der Waals surface area contributed by atoms with Crippen molar-refractivity contribution in [3.8, 4) is 0 Å². The summed E-state index contributed by atoms with van der Waals surface area (Å²) in [5, 5.41) is 1.28. The smallest absolute Gasteiger partial charge is 0.347 e. The summed E-state index contributed by atoms with van der Waals surface area (Å²) in [5.41, 5.74) is 1.19. The molecule has 2 aromatic heterocycles. The highest BCUT2D eigenvalue weighted by molar-refractivity contribution is 6.31. The second-order valence-corrected chi connectivity index (χ2v) is 6.23. The monoisotopic (exact) mass is 306 g/mol. The number of hydrogen-bond donors (Lipinski definition) is 1. The van der Waals surface area contributed by atoms with Gasteiger partial charge in [0, 0.05) is 24.8 Å². The Kier molecular flexibility index (Phi) is 3.85. The normalized spacial score (nSPS) is 19.8. The quantitative estimate of drug-likeness (QED) is 0.823. The third-order valence-electron chi connectivity index (χ3n) is 4.15. The molecular weight excluding hydrogens is 288 g/mol. The summed E-state index contributed by atoms with van der Waals surface area (Å²) in [5.74, 6) is 1.33. The zero-order valence-corrected chi connectivity index (χ0v) is 13.1. The first-order valence-electron chi connectivity index (χ1n) is 7.36. The number of nitrogens with zero attached hydrogens (tertiary/aromatic N) is 3. The lowest BCUT2D eigenvalue weighted by molar-refractivity contribution is 0.544. The number of anilines is 1. The van der Waals surface area contributed by atoms with Gasteiger partial charge in [0.05, 0.1) is 10.9 Å². The van der Waals surface area contributed by atoms with Crippen molar-refractivity contribution in [3.63, 3.8) is 0 Å². The Morgan fingerprint density at radius 1 is 1.43 bits per heavy atom.